The molecule has 0 unspecified atom stereocenters. The van der Waals surface area contributed by atoms with E-state index in [4.69, 9.17) is 5.73 Å². The molecule has 4 heteroatoms. The Labute approximate surface area is 110 Å². The standard InChI is InChI=1S/C14H16N2OS/c1-14(7-4-8-14)16-13(17)12-11(15)9-5-2-3-6-10(9)18-12/h2-3,5-6H,4,7-8,15H2,1H3,(H,16,17). The lowest BCUT2D eigenvalue weighted by molar-refractivity contribution is 0.0855. The Balaban J connectivity index is 1.94. The lowest BCUT2D eigenvalue weighted by Crippen LogP contribution is -2.50. The van der Waals surface area contributed by atoms with Crippen LogP contribution in [0.5, 0.6) is 0 Å². The molecule has 1 aliphatic carbocycles. The largest absolute Gasteiger partial charge is 0.397 e. The van der Waals surface area contributed by atoms with Crippen molar-refractivity contribution in [2.45, 2.75) is 31.7 Å². The van der Waals surface area contributed by atoms with Crippen LogP contribution in [0.15, 0.2) is 24.3 Å². The molecule has 1 heterocycles. The summed E-state index contributed by atoms with van der Waals surface area (Å²) in [7, 11) is 0. The Bertz CT molecular complexity index is 613. The highest BCUT2D eigenvalue weighted by atomic mass is 32.1. The smallest absolute Gasteiger partial charge is 0.263 e. The highest BCUT2D eigenvalue weighted by molar-refractivity contribution is 7.21. The lowest BCUT2D eigenvalue weighted by atomic mass is 9.78. The van der Waals surface area contributed by atoms with Gasteiger partial charge in [0.15, 0.2) is 0 Å². The molecule has 1 saturated carbocycles. The fourth-order valence-corrected chi connectivity index (χ4v) is 3.42. The summed E-state index contributed by atoms with van der Waals surface area (Å²) in [5.74, 6) is -0.0316. The van der Waals surface area contributed by atoms with Crippen LogP contribution in [0.2, 0.25) is 0 Å². The first kappa shape index (κ1) is 11.5. The van der Waals surface area contributed by atoms with Gasteiger partial charge in [-0.2, -0.15) is 0 Å². The van der Waals surface area contributed by atoms with E-state index in [0.29, 0.717) is 10.6 Å². The Morgan fingerprint density at radius 2 is 2.11 bits per heavy atom. The first-order valence-corrected chi connectivity index (χ1v) is 7.00. The van der Waals surface area contributed by atoms with E-state index in [1.165, 1.54) is 17.8 Å². The first-order valence-electron chi connectivity index (χ1n) is 6.19. The molecule has 1 aliphatic rings. The van der Waals surface area contributed by atoms with Gasteiger partial charge < -0.3 is 11.1 Å². The number of carbonyl (C=O) groups excluding carboxylic acids is 1. The van der Waals surface area contributed by atoms with Crippen LogP contribution in [0.25, 0.3) is 10.1 Å². The predicted molar refractivity (Wildman–Crippen MR) is 76.0 cm³/mol. The normalized spacial score (nSPS) is 17.4. The third kappa shape index (κ3) is 1.77. The maximum atomic E-state index is 12.3. The molecular formula is C14H16N2OS. The maximum Gasteiger partial charge on any atom is 0.263 e. The molecule has 0 radical (unpaired) electrons. The van der Waals surface area contributed by atoms with E-state index in [-0.39, 0.29) is 11.4 Å². The quantitative estimate of drug-likeness (QED) is 0.871. The van der Waals surface area contributed by atoms with Crippen molar-refractivity contribution >= 4 is 33.0 Å². The number of benzene rings is 1. The van der Waals surface area contributed by atoms with Crippen molar-refractivity contribution in [3.05, 3.63) is 29.1 Å². The number of thiophene rings is 1. The second-order valence-electron chi connectivity index (χ2n) is 5.21. The second kappa shape index (κ2) is 3.99. The van der Waals surface area contributed by atoms with E-state index < -0.39 is 0 Å². The molecule has 3 N–H and O–H groups in total. The Morgan fingerprint density at radius 3 is 2.72 bits per heavy atom. The number of nitrogens with two attached hydrogens (primary N) is 1. The van der Waals surface area contributed by atoms with Gasteiger partial charge in [-0.15, -0.1) is 11.3 Å². The number of amides is 1. The average Bonchev–Trinajstić information content (AvgIpc) is 2.66. The van der Waals surface area contributed by atoms with Crippen LogP contribution >= 0.6 is 11.3 Å². The van der Waals surface area contributed by atoms with Gasteiger partial charge in [-0.1, -0.05) is 18.2 Å². The summed E-state index contributed by atoms with van der Waals surface area (Å²) < 4.78 is 1.07. The fraction of sp³-hybridized carbons (Fsp3) is 0.357. The maximum absolute atomic E-state index is 12.3. The number of nitrogen functional groups attached to an aromatic ring is 1. The zero-order valence-corrected chi connectivity index (χ0v) is 11.1. The van der Waals surface area contributed by atoms with Crippen molar-refractivity contribution < 1.29 is 4.79 Å². The molecule has 2 aromatic rings. The Hall–Kier alpha value is -1.55. The number of anilines is 1. The van der Waals surface area contributed by atoms with Gasteiger partial charge in [0, 0.05) is 15.6 Å². The third-order valence-corrected chi connectivity index (χ3v) is 4.90. The summed E-state index contributed by atoms with van der Waals surface area (Å²) in [4.78, 5) is 12.9. The Kier molecular flexibility index (Phi) is 2.55. The zero-order chi connectivity index (χ0) is 12.8. The van der Waals surface area contributed by atoms with Gasteiger partial charge in [0.1, 0.15) is 4.88 Å². The second-order valence-corrected chi connectivity index (χ2v) is 6.26. The summed E-state index contributed by atoms with van der Waals surface area (Å²) in [6, 6.07) is 7.87. The molecule has 94 valence electrons. The molecule has 1 amide bonds. The van der Waals surface area contributed by atoms with Crippen LogP contribution < -0.4 is 11.1 Å². The van der Waals surface area contributed by atoms with Gasteiger partial charge >= 0.3 is 0 Å². The number of hydrogen-bond donors (Lipinski definition) is 2. The molecule has 0 atom stereocenters. The van der Waals surface area contributed by atoms with Gasteiger partial charge in [-0.25, -0.2) is 0 Å². The molecule has 1 aromatic heterocycles. The van der Waals surface area contributed by atoms with E-state index in [1.807, 2.05) is 24.3 Å². The number of rotatable bonds is 2. The highest BCUT2D eigenvalue weighted by Crippen LogP contribution is 2.35. The molecule has 3 rings (SSSR count). The molecule has 0 bridgehead atoms. The van der Waals surface area contributed by atoms with Gasteiger partial charge in [0.25, 0.3) is 5.91 Å². The monoisotopic (exact) mass is 260 g/mol. The molecule has 18 heavy (non-hydrogen) atoms. The van der Waals surface area contributed by atoms with E-state index in [9.17, 15) is 4.79 Å². The summed E-state index contributed by atoms with van der Waals surface area (Å²) in [6.45, 7) is 2.10. The van der Waals surface area contributed by atoms with Gasteiger partial charge in [0.2, 0.25) is 0 Å². The van der Waals surface area contributed by atoms with Crippen molar-refractivity contribution in [1.82, 2.24) is 5.32 Å². The van der Waals surface area contributed by atoms with Gasteiger partial charge in [-0.3, -0.25) is 4.79 Å². The van der Waals surface area contributed by atoms with Crippen LogP contribution in [-0.4, -0.2) is 11.4 Å². The fourth-order valence-electron chi connectivity index (χ4n) is 2.40. The topological polar surface area (TPSA) is 55.1 Å². The van der Waals surface area contributed by atoms with E-state index in [2.05, 4.69) is 12.2 Å². The molecule has 0 aliphatic heterocycles. The molecule has 0 saturated heterocycles. The predicted octanol–water partition coefficient (Wildman–Crippen LogP) is 3.16. The van der Waals surface area contributed by atoms with Gasteiger partial charge in [-0.05, 0) is 32.3 Å². The van der Waals surface area contributed by atoms with E-state index >= 15 is 0 Å². The van der Waals surface area contributed by atoms with Crippen molar-refractivity contribution in [1.29, 1.82) is 0 Å². The van der Waals surface area contributed by atoms with E-state index in [1.54, 1.807) is 0 Å². The molecule has 0 spiro atoms. The lowest BCUT2D eigenvalue weighted by Gasteiger charge is -2.39. The van der Waals surface area contributed by atoms with E-state index in [0.717, 1.165) is 22.9 Å². The minimum atomic E-state index is -0.0316. The number of nitrogens with one attached hydrogen (secondary N) is 1. The SMILES string of the molecule is CC1(NC(=O)c2sc3ccccc3c2N)CCC1. The van der Waals surface area contributed by atoms with Crippen LogP contribution in [0.1, 0.15) is 35.9 Å². The van der Waals surface area contributed by atoms with Crippen molar-refractivity contribution in [3.63, 3.8) is 0 Å². The summed E-state index contributed by atoms with van der Waals surface area (Å²) in [6.07, 6.45) is 3.31. The van der Waals surface area contributed by atoms with Crippen molar-refractivity contribution in [2.24, 2.45) is 0 Å². The van der Waals surface area contributed by atoms with Crippen molar-refractivity contribution in [2.75, 3.05) is 5.73 Å². The minimum absolute atomic E-state index is 0.0281. The molecule has 1 aromatic carbocycles. The minimum Gasteiger partial charge on any atom is -0.397 e. The number of carbonyl (C=O) groups is 1. The summed E-state index contributed by atoms with van der Waals surface area (Å²) in [5.41, 5.74) is 6.65. The van der Waals surface area contributed by atoms with Crippen LogP contribution in [0.4, 0.5) is 5.69 Å². The first-order chi connectivity index (χ1) is 8.59. The number of hydrogen-bond acceptors (Lipinski definition) is 3. The van der Waals surface area contributed by atoms with Crippen LogP contribution in [-0.2, 0) is 0 Å². The summed E-state index contributed by atoms with van der Waals surface area (Å²) in [5, 5.41) is 4.08. The zero-order valence-electron chi connectivity index (χ0n) is 10.3. The molecule has 3 nitrogen and oxygen atoms in total. The molecular weight excluding hydrogens is 244 g/mol. The number of fused-ring (bicyclic) bond motifs is 1. The van der Waals surface area contributed by atoms with Crippen LogP contribution in [0, 0.1) is 0 Å². The summed E-state index contributed by atoms with van der Waals surface area (Å²) >= 11 is 1.47. The van der Waals surface area contributed by atoms with Crippen molar-refractivity contribution in [3.8, 4) is 0 Å². The third-order valence-electron chi connectivity index (χ3n) is 3.71. The highest BCUT2D eigenvalue weighted by Gasteiger charge is 2.34. The van der Waals surface area contributed by atoms with Crippen LogP contribution in [0.3, 0.4) is 0 Å². The van der Waals surface area contributed by atoms with Gasteiger partial charge in [0.05, 0.1) is 5.69 Å². The average molecular weight is 260 g/mol. The molecule has 1 fully saturated rings. The Morgan fingerprint density at radius 1 is 1.39 bits per heavy atom.